The van der Waals surface area contributed by atoms with Crippen molar-refractivity contribution in [3.63, 3.8) is 0 Å². The molecule has 120 valence electrons. The number of fused-ring (bicyclic) bond motifs is 1. The summed E-state index contributed by atoms with van der Waals surface area (Å²) in [5.74, 6) is 0.385. The van der Waals surface area contributed by atoms with E-state index in [0.29, 0.717) is 11.4 Å². The van der Waals surface area contributed by atoms with Crippen molar-refractivity contribution in [3.05, 3.63) is 22.4 Å². The molecular weight excluding hydrogens is 352 g/mol. The molecule has 0 saturated carbocycles. The van der Waals surface area contributed by atoms with E-state index in [0.717, 1.165) is 4.47 Å². The first-order chi connectivity index (χ1) is 10.2. The van der Waals surface area contributed by atoms with Crippen LogP contribution in [0.5, 0.6) is 5.75 Å². The van der Waals surface area contributed by atoms with E-state index in [9.17, 15) is 9.59 Å². The zero-order valence-electron chi connectivity index (χ0n) is 13.0. The maximum atomic E-state index is 12.4. The quantitative estimate of drug-likeness (QED) is 0.821. The van der Waals surface area contributed by atoms with Crippen LogP contribution < -0.4 is 10.1 Å². The molecule has 1 aromatic rings. The smallest absolute Gasteiger partial charge is 0.408 e. The van der Waals surface area contributed by atoms with Gasteiger partial charge in [-0.15, -0.1) is 0 Å². The Kier molecular flexibility index (Phi) is 4.75. The van der Waals surface area contributed by atoms with E-state index < -0.39 is 23.8 Å². The van der Waals surface area contributed by atoms with Crippen molar-refractivity contribution in [2.75, 3.05) is 0 Å². The second-order valence-electron chi connectivity index (χ2n) is 6.19. The van der Waals surface area contributed by atoms with Gasteiger partial charge in [0.05, 0.1) is 12.1 Å². The summed E-state index contributed by atoms with van der Waals surface area (Å²) in [5.41, 5.74) is -0.0642. The molecular formula is C15H19BrN2O4. The number of amides is 1. The maximum Gasteiger partial charge on any atom is 0.408 e. The van der Waals surface area contributed by atoms with Gasteiger partial charge in [0.2, 0.25) is 0 Å². The number of nitrogens with one attached hydrogen (secondary N) is 1. The summed E-state index contributed by atoms with van der Waals surface area (Å²) in [6, 6.07) is 0.991. The van der Waals surface area contributed by atoms with E-state index in [4.69, 9.17) is 9.47 Å². The molecule has 1 aromatic heterocycles. The molecule has 2 atom stereocenters. The van der Waals surface area contributed by atoms with E-state index >= 15 is 0 Å². The Bertz CT molecular complexity index is 598. The Hall–Kier alpha value is -1.63. The van der Waals surface area contributed by atoms with Gasteiger partial charge >= 0.3 is 6.09 Å². The number of ether oxygens (including phenoxy) is 2. The van der Waals surface area contributed by atoms with E-state index in [1.165, 1.54) is 0 Å². The third-order valence-corrected chi connectivity index (χ3v) is 3.47. The normalized spacial score (nSPS) is 21.4. The van der Waals surface area contributed by atoms with Crippen LogP contribution in [-0.2, 0) is 16.0 Å². The first kappa shape index (κ1) is 16.7. The highest BCUT2D eigenvalue weighted by Crippen LogP contribution is 2.27. The number of halogens is 1. The van der Waals surface area contributed by atoms with Gasteiger partial charge in [-0.1, -0.05) is 0 Å². The van der Waals surface area contributed by atoms with Crippen LogP contribution in [0.4, 0.5) is 4.79 Å². The SMILES string of the molecule is C[C@H]1Oc2cc(Br)cnc2CC(=O)[C@H]1NC(=O)OC(C)(C)C. The summed E-state index contributed by atoms with van der Waals surface area (Å²) in [6.45, 7) is 7.02. The predicted octanol–water partition coefficient (Wildman–Crippen LogP) is 2.63. The molecule has 22 heavy (non-hydrogen) atoms. The Morgan fingerprint density at radius 1 is 1.50 bits per heavy atom. The monoisotopic (exact) mass is 370 g/mol. The highest BCUT2D eigenvalue weighted by Gasteiger charge is 2.34. The van der Waals surface area contributed by atoms with Gasteiger partial charge < -0.3 is 14.8 Å². The number of ketones is 1. The minimum atomic E-state index is -0.775. The lowest BCUT2D eigenvalue weighted by Gasteiger charge is -2.25. The molecule has 7 heteroatoms. The molecule has 0 unspecified atom stereocenters. The van der Waals surface area contributed by atoms with E-state index in [1.54, 1.807) is 40.0 Å². The molecule has 0 radical (unpaired) electrons. The van der Waals surface area contributed by atoms with Crippen LogP contribution >= 0.6 is 15.9 Å². The number of pyridine rings is 1. The van der Waals surface area contributed by atoms with Crippen molar-refractivity contribution in [1.82, 2.24) is 10.3 Å². The fraction of sp³-hybridized carbons (Fsp3) is 0.533. The largest absolute Gasteiger partial charge is 0.486 e. The lowest BCUT2D eigenvalue weighted by Crippen LogP contribution is -2.50. The number of nitrogens with zero attached hydrogens (tertiary/aromatic N) is 1. The number of hydrogen-bond acceptors (Lipinski definition) is 5. The minimum Gasteiger partial charge on any atom is -0.486 e. The van der Waals surface area contributed by atoms with Gasteiger partial charge in [0.25, 0.3) is 0 Å². The molecule has 6 nitrogen and oxygen atoms in total. The van der Waals surface area contributed by atoms with Crippen LogP contribution in [-0.4, -0.2) is 34.6 Å². The Labute approximate surface area is 137 Å². The fourth-order valence-electron chi connectivity index (χ4n) is 2.12. The summed E-state index contributed by atoms with van der Waals surface area (Å²) in [7, 11) is 0. The third kappa shape index (κ3) is 4.19. The van der Waals surface area contributed by atoms with E-state index in [2.05, 4.69) is 26.2 Å². The summed E-state index contributed by atoms with van der Waals surface area (Å²) in [6.07, 6.45) is 0.564. The van der Waals surface area contributed by atoms with Crippen molar-refractivity contribution < 1.29 is 19.1 Å². The van der Waals surface area contributed by atoms with Gasteiger partial charge in [-0.3, -0.25) is 9.78 Å². The van der Waals surface area contributed by atoms with Gasteiger partial charge in [-0.25, -0.2) is 4.79 Å². The molecule has 1 aliphatic heterocycles. The lowest BCUT2D eigenvalue weighted by atomic mass is 10.0. The van der Waals surface area contributed by atoms with Gasteiger partial charge in [0, 0.05) is 10.7 Å². The topological polar surface area (TPSA) is 77.5 Å². The van der Waals surface area contributed by atoms with Crippen LogP contribution in [0, 0.1) is 0 Å². The number of alkyl carbamates (subject to hydrolysis) is 1. The zero-order chi connectivity index (χ0) is 16.5. The number of hydrogen-bond donors (Lipinski definition) is 1. The summed E-state index contributed by atoms with van der Waals surface area (Å²) < 4.78 is 11.7. The van der Waals surface area contributed by atoms with E-state index in [-0.39, 0.29) is 12.2 Å². The molecule has 0 aliphatic carbocycles. The molecule has 0 spiro atoms. The zero-order valence-corrected chi connectivity index (χ0v) is 14.6. The second kappa shape index (κ2) is 6.24. The molecule has 1 N–H and O–H groups in total. The number of carbonyl (C=O) groups is 2. The van der Waals surface area contributed by atoms with Crippen LogP contribution in [0.3, 0.4) is 0 Å². The summed E-state index contributed by atoms with van der Waals surface area (Å²) in [4.78, 5) is 28.5. The van der Waals surface area contributed by atoms with Crippen LogP contribution in [0.1, 0.15) is 33.4 Å². The maximum absolute atomic E-state index is 12.4. The van der Waals surface area contributed by atoms with Gasteiger partial charge in [0.15, 0.2) is 5.78 Å². The number of rotatable bonds is 1. The molecule has 2 heterocycles. The van der Waals surface area contributed by atoms with Crippen LogP contribution in [0.15, 0.2) is 16.7 Å². The van der Waals surface area contributed by atoms with Gasteiger partial charge in [-0.05, 0) is 49.7 Å². The molecule has 0 saturated heterocycles. The molecule has 0 bridgehead atoms. The Morgan fingerprint density at radius 2 is 2.18 bits per heavy atom. The Morgan fingerprint density at radius 3 is 2.82 bits per heavy atom. The van der Waals surface area contributed by atoms with Crippen molar-refractivity contribution >= 4 is 27.8 Å². The van der Waals surface area contributed by atoms with Crippen molar-refractivity contribution in [3.8, 4) is 5.75 Å². The minimum absolute atomic E-state index is 0.105. The van der Waals surface area contributed by atoms with Crippen LogP contribution in [0.25, 0.3) is 0 Å². The molecule has 0 fully saturated rings. The average Bonchev–Trinajstić information content (AvgIpc) is 2.46. The first-order valence-corrected chi connectivity index (χ1v) is 7.78. The van der Waals surface area contributed by atoms with Crippen molar-refractivity contribution in [1.29, 1.82) is 0 Å². The number of carbonyl (C=O) groups excluding carboxylic acids is 2. The lowest BCUT2D eigenvalue weighted by molar-refractivity contribution is -0.121. The Balaban J connectivity index is 2.15. The van der Waals surface area contributed by atoms with Crippen molar-refractivity contribution in [2.24, 2.45) is 0 Å². The third-order valence-electron chi connectivity index (χ3n) is 3.04. The number of Topliss-reactive ketones (excluding diaryl/α,β-unsaturated/α-hetero) is 1. The summed E-state index contributed by atoms with van der Waals surface area (Å²) in [5, 5.41) is 2.59. The highest BCUT2D eigenvalue weighted by molar-refractivity contribution is 9.10. The molecule has 1 aliphatic rings. The van der Waals surface area contributed by atoms with Gasteiger partial charge in [0.1, 0.15) is 23.5 Å². The van der Waals surface area contributed by atoms with E-state index in [1.807, 2.05) is 0 Å². The number of aromatic nitrogens is 1. The predicted molar refractivity (Wildman–Crippen MR) is 83.9 cm³/mol. The highest BCUT2D eigenvalue weighted by atomic mass is 79.9. The molecule has 2 rings (SSSR count). The standard InChI is InChI=1S/C15H19BrN2O4/c1-8-13(18-14(20)22-15(2,3)4)11(19)6-10-12(21-8)5-9(16)7-17-10/h5,7-8,13H,6H2,1-4H3,(H,18,20)/t8-,13+/m1/s1. The summed E-state index contributed by atoms with van der Waals surface area (Å²) >= 11 is 3.32. The average molecular weight is 371 g/mol. The van der Waals surface area contributed by atoms with Gasteiger partial charge in [-0.2, -0.15) is 0 Å². The molecule has 0 aromatic carbocycles. The fourth-order valence-corrected chi connectivity index (χ4v) is 2.43. The first-order valence-electron chi connectivity index (χ1n) is 6.99. The second-order valence-corrected chi connectivity index (χ2v) is 7.10. The van der Waals surface area contributed by atoms with Crippen molar-refractivity contribution in [2.45, 2.75) is 51.9 Å². The molecule has 1 amide bonds. The van der Waals surface area contributed by atoms with Crippen LogP contribution in [0.2, 0.25) is 0 Å².